The van der Waals surface area contributed by atoms with Crippen LogP contribution in [0.25, 0.3) is 11.3 Å². The van der Waals surface area contributed by atoms with Crippen LogP contribution in [0, 0.1) is 13.8 Å². The van der Waals surface area contributed by atoms with Gasteiger partial charge in [-0.05, 0) is 49.2 Å². The van der Waals surface area contributed by atoms with Crippen LogP contribution in [-0.2, 0) is 6.42 Å². The SMILES string of the molecule is Cc1cc(C)c(NC(=O)c2cc(-c3ccc4c(c3)CCO4)no2)c(Cl)n1. The molecule has 0 atom stereocenters. The van der Waals surface area contributed by atoms with Crippen molar-refractivity contribution in [1.82, 2.24) is 10.1 Å². The van der Waals surface area contributed by atoms with E-state index in [4.69, 9.17) is 20.9 Å². The van der Waals surface area contributed by atoms with Gasteiger partial charge in [0.15, 0.2) is 5.15 Å². The Morgan fingerprint density at radius 1 is 1.23 bits per heavy atom. The maximum Gasteiger partial charge on any atom is 0.294 e. The number of hydrogen-bond donors (Lipinski definition) is 1. The summed E-state index contributed by atoms with van der Waals surface area (Å²) in [5.41, 5.74) is 4.68. The molecule has 1 aromatic carbocycles. The number of aryl methyl sites for hydroxylation is 2. The predicted molar refractivity (Wildman–Crippen MR) is 97.8 cm³/mol. The van der Waals surface area contributed by atoms with Gasteiger partial charge in [-0.2, -0.15) is 0 Å². The van der Waals surface area contributed by atoms with E-state index < -0.39 is 5.91 Å². The van der Waals surface area contributed by atoms with Crippen LogP contribution in [-0.4, -0.2) is 22.7 Å². The Labute approximate surface area is 155 Å². The second kappa shape index (κ2) is 6.46. The minimum atomic E-state index is -0.427. The van der Waals surface area contributed by atoms with Gasteiger partial charge in [-0.25, -0.2) is 4.98 Å². The minimum Gasteiger partial charge on any atom is -0.493 e. The molecule has 6 nitrogen and oxygen atoms in total. The van der Waals surface area contributed by atoms with Gasteiger partial charge in [0.25, 0.3) is 5.91 Å². The Kier molecular flexibility index (Phi) is 4.12. The van der Waals surface area contributed by atoms with Crippen molar-refractivity contribution in [2.24, 2.45) is 0 Å². The third-order valence-electron chi connectivity index (χ3n) is 4.26. The van der Waals surface area contributed by atoms with E-state index in [9.17, 15) is 4.79 Å². The highest BCUT2D eigenvalue weighted by Crippen LogP contribution is 2.30. The topological polar surface area (TPSA) is 77.2 Å². The summed E-state index contributed by atoms with van der Waals surface area (Å²) in [4.78, 5) is 16.6. The molecule has 0 saturated heterocycles. The highest BCUT2D eigenvalue weighted by molar-refractivity contribution is 6.32. The lowest BCUT2D eigenvalue weighted by molar-refractivity contribution is 0.0988. The van der Waals surface area contributed by atoms with E-state index in [-0.39, 0.29) is 10.9 Å². The molecule has 0 aliphatic carbocycles. The largest absolute Gasteiger partial charge is 0.493 e. The summed E-state index contributed by atoms with van der Waals surface area (Å²) in [7, 11) is 0. The van der Waals surface area contributed by atoms with Crippen molar-refractivity contribution in [3.05, 3.63) is 58.1 Å². The first-order valence-electron chi connectivity index (χ1n) is 8.19. The quantitative estimate of drug-likeness (QED) is 0.700. The molecule has 0 spiro atoms. The number of hydrogen-bond acceptors (Lipinski definition) is 5. The number of rotatable bonds is 3. The Morgan fingerprint density at radius 2 is 2.08 bits per heavy atom. The molecule has 0 bridgehead atoms. The van der Waals surface area contributed by atoms with Gasteiger partial charge in [0, 0.05) is 23.7 Å². The van der Waals surface area contributed by atoms with Gasteiger partial charge in [-0.15, -0.1) is 0 Å². The fraction of sp³-hybridized carbons (Fsp3) is 0.211. The summed E-state index contributed by atoms with van der Waals surface area (Å²) in [6.45, 7) is 4.39. The van der Waals surface area contributed by atoms with E-state index in [2.05, 4.69) is 15.5 Å². The normalized spacial score (nSPS) is 12.6. The fourth-order valence-electron chi connectivity index (χ4n) is 2.98. The first kappa shape index (κ1) is 16.6. The van der Waals surface area contributed by atoms with Crippen molar-refractivity contribution in [1.29, 1.82) is 0 Å². The average Bonchev–Trinajstić information content (AvgIpc) is 3.26. The number of nitrogens with one attached hydrogen (secondary N) is 1. The van der Waals surface area contributed by atoms with E-state index in [1.165, 1.54) is 0 Å². The van der Waals surface area contributed by atoms with Gasteiger partial charge in [0.2, 0.25) is 5.76 Å². The van der Waals surface area contributed by atoms with Crippen LogP contribution in [0.15, 0.2) is 34.9 Å². The third kappa shape index (κ3) is 3.04. The molecule has 1 N–H and O–H groups in total. The summed E-state index contributed by atoms with van der Waals surface area (Å²) in [5, 5.41) is 6.99. The molecule has 7 heteroatoms. The second-order valence-corrected chi connectivity index (χ2v) is 6.56. The van der Waals surface area contributed by atoms with Crippen molar-refractivity contribution >= 4 is 23.2 Å². The van der Waals surface area contributed by atoms with Crippen LogP contribution in [0.3, 0.4) is 0 Å². The van der Waals surface area contributed by atoms with Crippen LogP contribution in [0.1, 0.15) is 27.4 Å². The van der Waals surface area contributed by atoms with Crippen molar-refractivity contribution in [3.8, 4) is 17.0 Å². The lowest BCUT2D eigenvalue weighted by Crippen LogP contribution is -2.13. The van der Waals surface area contributed by atoms with Gasteiger partial charge >= 0.3 is 0 Å². The number of nitrogens with zero attached hydrogens (tertiary/aromatic N) is 2. The number of fused-ring (bicyclic) bond motifs is 1. The third-order valence-corrected chi connectivity index (χ3v) is 4.53. The maximum atomic E-state index is 12.5. The van der Waals surface area contributed by atoms with E-state index in [0.29, 0.717) is 18.0 Å². The van der Waals surface area contributed by atoms with E-state index >= 15 is 0 Å². The van der Waals surface area contributed by atoms with Crippen molar-refractivity contribution in [2.45, 2.75) is 20.3 Å². The van der Waals surface area contributed by atoms with E-state index in [1.54, 1.807) is 6.07 Å². The Morgan fingerprint density at radius 3 is 2.88 bits per heavy atom. The number of benzene rings is 1. The number of carbonyl (C=O) groups excluding carboxylic acids is 1. The van der Waals surface area contributed by atoms with E-state index in [1.807, 2.05) is 38.1 Å². The van der Waals surface area contributed by atoms with Crippen LogP contribution in [0.5, 0.6) is 5.75 Å². The molecule has 1 aliphatic rings. The lowest BCUT2D eigenvalue weighted by atomic mass is 10.1. The summed E-state index contributed by atoms with van der Waals surface area (Å²) in [6, 6.07) is 9.27. The average molecular weight is 370 g/mol. The fourth-order valence-corrected chi connectivity index (χ4v) is 3.31. The highest BCUT2D eigenvalue weighted by atomic mass is 35.5. The number of carbonyl (C=O) groups is 1. The van der Waals surface area contributed by atoms with Gasteiger partial charge in [0.05, 0.1) is 12.3 Å². The highest BCUT2D eigenvalue weighted by Gasteiger charge is 2.19. The Bertz CT molecular complexity index is 990. The van der Waals surface area contributed by atoms with Crippen LogP contribution in [0.2, 0.25) is 5.15 Å². The molecule has 3 heterocycles. The molecule has 0 saturated carbocycles. The van der Waals surface area contributed by atoms with Crippen LogP contribution in [0.4, 0.5) is 5.69 Å². The summed E-state index contributed by atoms with van der Waals surface area (Å²) in [5.74, 6) is 0.573. The van der Waals surface area contributed by atoms with Gasteiger partial charge in [0.1, 0.15) is 11.4 Å². The number of pyridine rings is 1. The zero-order chi connectivity index (χ0) is 18.3. The van der Waals surface area contributed by atoms with Crippen LogP contribution >= 0.6 is 11.6 Å². The molecule has 2 aromatic heterocycles. The number of aromatic nitrogens is 2. The molecular weight excluding hydrogens is 354 g/mol. The second-order valence-electron chi connectivity index (χ2n) is 6.20. The number of anilines is 1. The zero-order valence-corrected chi connectivity index (χ0v) is 15.1. The smallest absolute Gasteiger partial charge is 0.294 e. The molecule has 26 heavy (non-hydrogen) atoms. The van der Waals surface area contributed by atoms with Crippen molar-refractivity contribution in [3.63, 3.8) is 0 Å². The molecule has 1 aliphatic heterocycles. The molecule has 132 valence electrons. The van der Waals surface area contributed by atoms with Gasteiger partial charge in [-0.1, -0.05) is 16.8 Å². The minimum absolute atomic E-state index is 0.104. The maximum absolute atomic E-state index is 12.5. The predicted octanol–water partition coefficient (Wildman–Crippen LogP) is 4.19. The number of amides is 1. The molecule has 4 rings (SSSR count). The molecule has 0 unspecified atom stereocenters. The molecule has 0 fully saturated rings. The first-order chi connectivity index (χ1) is 12.5. The standard InChI is InChI=1S/C19H16ClN3O3/c1-10-7-11(2)21-18(20)17(10)22-19(24)16-9-14(23-26-16)12-3-4-15-13(8-12)5-6-25-15/h3-4,7-9H,5-6H2,1-2H3,(H,22,24). The van der Waals surface area contributed by atoms with Crippen molar-refractivity contribution in [2.75, 3.05) is 11.9 Å². The summed E-state index contributed by atoms with van der Waals surface area (Å²) < 4.78 is 10.7. The Balaban J connectivity index is 1.57. The van der Waals surface area contributed by atoms with Gasteiger partial charge in [-0.3, -0.25) is 4.79 Å². The Hall–Kier alpha value is -2.86. The zero-order valence-electron chi connectivity index (χ0n) is 14.3. The molecule has 0 radical (unpaired) electrons. The van der Waals surface area contributed by atoms with Crippen molar-refractivity contribution < 1.29 is 14.1 Å². The molecular formula is C19H16ClN3O3. The summed E-state index contributed by atoms with van der Waals surface area (Å²) >= 11 is 6.14. The number of halogens is 1. The van der Waals surface area contributed by atoms with Crippen LogP contribution < -0.4 is 10.1 Å². The monoisotopic (exact) mass is 369 g/mol. The lowest BCUT2D eigenvalue weighted by Gasteiger charge is -2.09. The first-order valence-corrected chi connectivity index (χ1v) is 8.57. The summed E-state index contributed by atoms with van der Waals surface area (Å²) in [6.07, 6.45) is 0.868. The van der Waals surface area contributed by atoms with E-state index in [0.717, 1.165) is 34.6 Å². The number of ether oxygens (including phenoxy) is 1. The van der Waals surface area contributed by atoms with Gasteiger partial charge < -0.3 is 14.6 Å². The molecule has 3 aromatic rings. The molecule has 1 amide bonds.